The van der Waals surface area contributed by atoms with E-state index in [1.54, 1.807) is 0 Å². The highest BCUT2D eigenvalue weighted by atomic mass is 79.9. The lowest BCUT2D eigenvalue weighted by atomic mass is 10.1. The molecule has 0 aliphatic heterocycles. The van der Waals surface area contributed by atoms with Gasteiger partial charge in [-0.15, -0.1) is 0 Å². The summed E-state index contributed by atoms with van der Waals surface area (Å²) in [5, 5.41) is 3.01. The third kappa shape index (κ3) is 5.74. The van der Waals surface area contributed by atoms with Crippen LogP contribution in [0.1, 0.15) is 43.2 Å². The van der Waals surface area contributed by atoms with Crippen molar-refractivity contribution in [2.75, 3.05) is 11.9 Å². The smallest absolute Gasteiger partial charge is 0.224 e. The molecule has 1 rings (SSSR count). The van der Waals surface area contributed by atoms with Crippen molar-refractivity contribution in [3.8, 4) is 0 Å². The van der Waals surface area contributed by atoms with Gasteiger partial charge in [0.1, 0.15) is 0 Å². The van der Waals surface area contributed by atoms with Gasteiger partial charge in [0, 0.05) is 16.6 Å². The summed E-state index contributed by atoms with van der Waals surface area (Å²) >= 11 is 3.46. The Kier molecular flexibility index (Phi) is 7.10. The van der Waals surface area contributed by atoms with Crippen LogP contribution >= 0.6 is 15.9 Å². The second-order valence-corrected chi connectivity index (χ2v) is 5.83. The molecule has 1 amide bonds. The summed E-state index contributed by atoms with van der Waals surface area (Å²) < 4.78 is 1.04. The lowest BCUT2D eigenvalue weighted by Crippen LogP contribution is -2.13. The fraction of sp³-hybridized carbons (Fsp3) is 0.533. The molecule has 0 radical (unpaired) electrons. The van der Waals surface area contributed by atoms with Gasteiger partial charge in [0.2, 0.25) is 5.91 Å². The Hall–Kier alpha value is -0.870. The molecular weight excluding hydrogens is 304 g/mol. The summed E-state index contributed by atoms with van der Waals surface area (Å²) in [7, 11) is 0. The maximum Gasteiger partial charge on any atom is 0.224 e. The van der Waals surface area contributed by atoms with Gasteiger partial charge in [-0.2, -0.15) is 0 Å². The zero-order valence-electron chi connectivity index (χ0n) is 11.8. The van der Waals surface area contributed by atoms with Crippen LogP contribution in [0.4, 0.5) is 5.69 Å². The van der Waals surface area contributed by atoms with Crippen LogP contribution in [-0.4, -0.2) is 12.5 Å². The SMILES string of the molecule is Cc1cc(Br)cc(C)c1NC(=O)CCCCCCN. The normalized spacial score (nSPS) is 10.5. The van der Waals surface area contributed by atoms with E-state index in [0.29, 0.717) is 6.42 Å². The Morgan fingerprint density at radius 1 is 1.16 bits per heavy atom. The summed E-state index contributed by atoms with van der Waals surface area (Å²) in [6.45, 7) is 4.76. The number of hydrogen-bond donors (Lipinski definition) is 2. The third-order valence-electron chi connectivity index (χ3n) is 3.12. The van der Waals surface area contributed by atoms with Gasteiger partial charge in [-0.1, -0.05) is 28.8 Å². The van der Waals surface area contributed by atoms with Crippen molar-refractivity contribution >= 4 is 27.5 Å². The maximum absolute atomic E-state index is 11.9. The van der Waals surface area contributed by atoms with Gasteiger partial charge in [-0.25, -0.2) is 0 Å². The molecule has 0 unspecified atom stereocenters. The number of aryl methyl sites for hydroxylation is 2. The first-order valence-corrected chi connectivity index (χ1v) is 7.60. The zero-order chi connectivity index (χ0) is 14.3. The number of halogens is 1. The zero-order valence-corrected chi connectivity index (χ0v) is 13.3. The lowest BCUT2D eigenvalue weighted by molar-refractivity contribution is -0.116. The largest absolute Gasteiger partial charge is 0.330 e. The lowest BCUT2D eigenvalue weighted by Gasteiger charge is -2.12. The molecule has 0 fully saturated rings. The maximum atomic E-state index is 11.9. The highest BCUT2D eigenvalue weighted by Gasteiger charge is 2.08. The molecule has 19 heavy (non-hydrogen) atoms. The highest BCUT2D eigenvalue weighted by Crippen LogP contribution is 2.25. The molecule has 0 saturated carbocycles. The van der Waals surface area contributed by atoms with Crippen molar-refractivity contribution in [2.24, 2.45) is 5.73 Å². The van der Waals surface area contributed by atoms with Crippen molar-refractivity contribution in [1.29, 1.82) is 0 Å². The molecular formula is C15H23BrN2O. The molecule has 0 bridgehead atoms. The molecule has 0 aliphatic rings. The van der Waals surface area contributed by atoms with E-state index in [2.05, 4.69) is 21.2 Å². The Labute approximate surface area is 124 Å². The van der Waals surface area contributed by atoms with Crippen LogP contribution in [0.2, 0.25) is 0 Å². The minimum atomic E-state index is 0.0984. The first-order valence-electron chi connectivity index (χ1n) is 6.81. The number of amides is 1. The molecule has 106 valence electrons. The first-order chi connectivity index (χ1) is 9.04. The molecule has 0 aliphatic carbocycles. The Morgan fingerprint density at radius 2 is 1.74 bits per heavy atom. The predicted molar refractivity (Wildman–Crippen MR) is 84.4 cm³/mol. The number of carbonyl (C=O) groups excluding carboxylic acids is 1. The number of unbranched alkanes of at least 4 members (excludes halogenated alkanes) is 3. The average molecular weight is 327 g/mol. The van der Waals surface area contributed by atoms with E-state index in [1.807, 2.05) is 26.0 Å². The van der Waals surface area contributed by atoms with Gasteiger partial charge in [0.15, 0.2) is 0 Å². The van der Waals surface area contributed by atoms with E-state index in [1.165, 1.54) is 0 Å². The Balaban J connectivity index is 2.44. The van der Waals surface area contributed by atoms with Crippen LogP contribution in [0.3, 0.4) is 0 Å². The van der Waals surface area contributed by atoms with Crippen molar-refractivity contribution < 1.29 is 4.79 Å². The van der Waals surface area contributed by atoms with Crippen molar-refractivity contribution in [2.45, 2.75) is 46.0 Å². The monoisotopic (exact) mass is 326 g/mol. The van der Waals surface area contributed by atoms with Crippen molar-refractivity contribution in [1.82, 2.24) is 0 Å². The molecule has 0 atom stereocenters. The molecule has 3 nitrogen and oxygen atoms in total. The minimum absolute atomic E-state index is 0.0984. The number of rotatable bonds is 7. The van der Waals surface area contributed by atoms with E-state index < -0.39 is 0 Å². The van der Waals surface area contributed by atoms with Gasteiger partial charge in [0.25, 0.3) is 0 Å². The molecule has 4 heteroatoms. The molecule has 3 N–H and O–H groups in total. The molecule has 0 heterocycles. The standard InChI is InChI=1S/C15H23BrN2O/c1-11-9-13(16)10-12(2)15(11)18-14(19)7-5-3-4-6-8-17/h9-10H,3-8,17H2,1-2H3,(H,18,19). The summed E-state index contributed by atoms with van der Waals surface area (Å²) in [5.41, 5.74) is 8.55. The number of nitrogens with one attached hydrogen (secondary N) is 1. The van der Waals surface area contributed by atoms with Gasteiger partial charge in [-0.3, -0.25) is 4.79 Å². The Morgan fingerprint density at radius 3 is 2.32 bits per heavy atom. The van der Waals surface area contributed by atoms with Crippen molar-refractivity contribution in [3.63, 3.8) is 0 Å². The topological polar surface area (TPSA) is 55.1 Å². The van der Waals surface area contributed by atoms with Crippen LogP contribution in [0.25, 0.3) is 0 Å². The van der Waals surface area contributed by atoms with Crippen LogP contribution in [0, 0.1) is 13.8 Å². The van der Waals surface area contributed by atoms with Gasteiger partial charge >= 0.3 is 0 Å². The van der Waals surface area contributed by atoms with Gasteiger partial charge in [0.05, 0.1) is 0 Å². The van der Waals surface area contributed by atoms with E-state index in [9.17, 15) is 4.79 Å². The quantitative estimate of drug-likeness (QED) is 0.746. The second kappa shape index (κ2) is 8.33. The molecule has 0 saturated heterocycles. The summed E-state index contributed by atoms with van der Waals surface area (Å²) in [5.74, 6) is 0.0984. The van der Waals surface area contributed by atoms with Crippen LogP contribution < -0.4 is 11.1 Å². The van der Waals surface area contributed by atoms with E-state index in [0.717, 1.165) is 53.5 Å². The number of anilines is 1. The fourth-order valence-electron chi connectivity index (χ4n) is 2.09. The number of carbonyl (C=O) groups is 1. The van der Waals surface area contributed by atoms with Gasteiger partial charge in [-0.05, 0) is 56.5 Å². The number of nitrogens with two attached hydrogens (primary N) is 1. The molecule has 0 spiro atoms. The number of benzene rings is 1. The first kappa shape index (κ1) is 16.2. The van der Waals surface area contributed by atoms with Crippen LogP contribution in [0.15, 0.2) is 16.6 Å². The Bertz CT molecular complexity index is 409. The van der Waals surface area contributed by atoms with E-state index in [-0.39, 0.29) is 5.91 Å². The second-order valence-electron chi connectivity index (χ2n) is 4.92. The summed E-state index contributed by atoms with van der Waals surface area (Å²) in [6.07, 6.45) is 4.75. The molecule has 1 aromatic carbocycles. The average Bonchev–Trinajstić information content (AvgIpc) is 2.33. The third-order valence-corrected chi connectivity index (χ3v) is 3.58. The minimum Gasteiger partial charge on any atom is -0.330 e. The predicted octanol–water partition coefficient (Wildman–Crippen LogP) is 3.91. The van der Waals surface area contributed by atoms with Gasteiger partial charge < -0.3 is 11.1 Å². The summed E-state index contributed by atoms with van der Waals surface area (Å²) in [4.78, 5) is 11.9. The highest BCUT2D eigenvalue weighted by molar-refractivity contribution is 9.10. The number of hydrogen-bond acceptors (Lipinski definition) is 2. The van der Waals surface area contributed by atoms with Crippen LogP contribution in [-0.2, 0) is 4.79 Å². The van der Waals surface area contributed by atoms with E-state index >= 15 is 0 Å². The van der Waals surface area contributed by atoms with Crippen molar-refractivity contribution in [3.05, 3.63) is 27.7 Å². The van der Waals surface area contributed by atoms with E-state index in [4.69, 9.17) is 5.73 Å². The fourth-order valence-corrected chi connectivity index (χ4v) is 2.78. The molecule has 0 aromatic heterocycles. The summed E-state index contributed by atoms with van der Waals surface area (Å²) in [6, 6.07) is 4.04. The van der Waals surface area contributed by atoms with Crippen LogP contribution in [0.5, 0.6) is 0 Å². The molecule has 1 aromatic rings.